The third kappa shape index (κ3) is 4.71. The number of methoxy groups -OCH3 is 1. The van der Waals surface area contributed by atoms with Crippen molar-refractivity contribution >= 4 is 44.7 Å². The molecule has 7 heteroatoms. The van der Waals surface area contributed by atoms with Crippen molar-refractivity contribution in [3.63, 3.8) is 0 Å². The van der Waals surface area contributed by atoms with Crippen molar-refractivity contribution in [3.05, 3.63) is 52.0 Å². The van der Waals surface area contributed by atoms with Crippen molar-refractivity contribution in [2.75, 3.05) is 32.1 Å². The number of thiazole rings is 1. The molecule has 1 saturated heterocycles. The predicted octanol–water partition coefficient (Wildman–Crippen LogP) is 5.08. The second-order valence-electron chi connectivity index (χ2n) is 7.47. The first-order chi connectivity index (χ1) is 14.0. The molecule has 1 fully saturated rings. The number of anilines is 1. The number of nitrogens with one attached hydrogen (secondary N) is 1. The first kappa shape index (κ1) is 20.1. The average molecular weight is 430 g/mol. The molecular formula is C22H24ClN3O2S. The van der Waals surface area contributed by atoms with Crippen LogP contribution in [0.3, 0.4) is 0 Å². The van der Waals surface area contributed by atoms with Crippen molar-refractivity contribution < 1.29 is 9.53 Å². The van der Waals surface area contributed by atoms with Gasteiger partial charge in [0, 0.05) is 10.9 Å². The van der Waals surface area contributed by atoms with E-state index in [1.807, 2.05) is 43.3 Å². The Kier molecular flexibility index (Phi) is 6.04. The predicted molar refractivity (Wildman–Crippen MR) is 119 cm³/mol. The molecule has 2 aromatic carbocycles. The maximum absolute atomic E-state index is 12.5. The zero-order valence-electron chi connectivity index (χ0n) is 16.6. The van der Waals surface area contributed by atoms with Crippen molar-refractivity contribution in [1.29, 1.82) is 0 Å². The Bertz CT molecular complexity index is 1030. The highest BCUT2D eigenvalue weighted by molar-refractivity contribution is 7.18. The third-order valence-electron chi connectivity index (χ3n) is 5.30. The molecule has 0 aliphatic carbocycles. The second kappa shape index (κ2) is 8.69. The van der Waals surface area contributed by atoms with Crippen LogP contribution in [0.5, 0.6) is 5.75 Å². The topological polar surface area (TPSA) is 54.5 Å². The lowest BCUT2D eigenvalue weighted by Crippen LogP contribution is -2.38. The minimum atomic E-state index is -0.0121. The summed E-state index contributed by atoms with van der Waals surface area (Å²) in [5, 5.41) is 4.89. The third-order valence-corrected chi connectivity index (χ3v) is 6.73. The summed E-state index contributed by atoms with van der Waals surface area (Å²) in [4.78, 5) is 19.5. The number of carbonyl (C=O) groups excluding carboxylic acids is 1. The first-order valence-corrected chi connectivity index (χ1v) is 10.9. The van der Waals surface area contributed by atoms with Crippen LogP contribution in [0.25, 0.3) is 10.2 Å². The molecule has 0 bridgehead atoms. The standard InChI is InChI=1S/C22H24ClN3O2S/c1-14-3-5-19(28-2)17(11-14)24-21(27)13-26-9-7-15(8-10-26)22-25-18-12-16(23)4-6-20(18)29-22/h3-6,11-12,15H,7-10,13H2,1-2H3,(H,24,27). The van der Waals surface area contributed by atoms with Crippen LogP contribution >= 0.6 is 22.9 Å². The highest BCUT2D eigenvalue weighted by atomic mass is 35.5. The maximum Gasteiger partial charge on any atom is 0.238 e. The highest BCUT2D eigenvalue weighted by Gasteiger charge is 2.24. The lowest BCUT2D eigenvalue weighted by Gasteiger charge is -2.30. The number of hydrogen-bond donors (Lipinski definition) is 1. The fourth-order valence-corrected chi connectivity index (χ4v) is 5.03. The molecule has 1 amide bonds. The maximum atomic E-state index is 12.5. The van der Waals surface area contributed by atoms with Gasteiger partial charge in [-0.05, 0) is 68.8 Å². The van der Waals surface area contributed by atoms with Gasteiger partial charge in [0.15, 0.2) is 0 Å². The van der Waals surface area contributed by atoms with E-state index in [0.29, 0.717) is 18.2 Å². The summed E-state index contributed by atoms with van der Waals surface area (Å²) in [7, 11) is 1.61. The molecular weight excluding hydrogens is 406 g/mol. The van der Waals surface area contributed by atoms with Crippen LogP contribution in [0, 0.1) is 6.92 Å². The van der Waals surface area contributed by atoms with Crippen LogP contribution in [0.4, 0.5) is 5.69 Å². The van der Waals surface area contributed by atoms with Gasteiger partial charge in [-0.15, -0.1) is 11.3 Å². The Morgan fingerprint density at radius 3 is 2.83 bits per heavy atom. The summed E-state index contributed by atoms with van der Waals surface area (Å²) < 4.78 is 6.52. The zero-order chi connectivity index (χ0) is 20.4. The van der Waals surface area contributed by atoms with Crippen LogP contribution in [0.15, 0.2) is 36.4 Å². The molecule has 152 valence electrons. The zero-order valence-corrected chi connectivity index (χ0v) is 18.1. The van der Waals surface area contributed by atoms with E-state index in [1.165, 1.54) is 9.71 Å². The molecule has 3 aromatic rings. The molecule has 1 aliphatic rings. The molecule has 0 spiro atoms. The number of aromatic nitrogens is 1. The van der Waals surface area contributed by atoms with E-state index in [-0.39, 0.29) is 5.91 Å². The molecule has 4 rings (SSSR count). The fraction of sp³-hybridized carbons (Fsp3) is 0.364. The molecule has 1 N–H and O–H groups in total. The Morgan fingerprint density at radius 2 is 2.07 bits per heavy atom. The molecule has 1 aliphatic heterocycles. The van der Waals surface area contributed by atoms with E-state index >= 15 is 0 Å². The van der Waals surface area contributed by atoms with E-state index in [1.54, 1.807) is 18.4 Å². The van der Waals surface area contributed by atoms with Gasteiger partial charge in [0.1, 0.15) is 5.75 Å². The summed E-state index contributed by atoms with van der Waals surface area (Å²) in [5.74, 6) is 1.11. The summed E-state index contributed by atoms with van der Waals surface area (Å²) in [6, 6.07) is 11.7. The number of ether oxygens (including phenoxy) is 1. The quantitative estimate of drug-likeness (QED) is 0.614. The SMILES string of the molecule is COc1ccc(C)cc1NC(=O)CN1CCC(c2nc3cc(Cl)ccc3s2)CC1. The van der Waals surface area contributed by atoms with Gasteiger partial charge in [-0.2, -0.15) is 0 Å². The lowest BCUT2D eigenvalue weighted by molar-refractivity contribution is -0.117. The minimum Gasteiger partial charge on any atom is -0.495 e. The average Bonchev–Trinajstić information content (AvgIpc) is 3.12. The molecule has 0 saturated carbocycles. The van der Waals surface area contributed by atoms with Crippen LogP contribution in [0.2, 0.25) is 5.02 Å². The molecule has 29 heavy (non-hydrogen) atoms. The van der Waals surface area contributed by atoms with Gasteiger partial charge < -0.3 is 10.1 Å². The Balaban J connectivity index is 1.33. The van der Waals surface area contributed by atoms with Crippen molar-refractivity contribution in [2.45, 2.75) is 25.7 Å². The summed E-state index contributed by atoms with van der Waals surface area (Å²) >= 11 is 7.83. The molecule has 5 nitrogen and oxygen atoms in total. The van der Waals surface area contributed by atoms with Gasteiger partial charge in [0.2, 0.25) is 5.91 Å². The second-order valence-corrected chi connectivity index (χ2v) is 8.97. The number of fused-ring (bicyclic) bond motifs is 1. The summed E-state index contributed by atoms with van der Waals surface area (Å²) in [6.07, 6.45) is 2.02. The normalized spacial score (nSPS) is 15.6. The van der Waals surface area contributed by atoms with Crippen LogP contribution in [-0.4, -0.2) is 42.5 Å². The number of aryl methyl sites for hydroxylation is 1. The van der Waals surface area contributed by atoms with Gasteiger partial charge in [0.25, 0.3) is 0 Å². The Labute approximate surface area is 179 Å². The lowest BCUT2D eigenvalue weighted by atomic mass is 9.97. The molecule has 0 atom stereocenters. The smallest absolute Gasteiger partial charge is 0.238 e. The number of piperidine rings is 1. The number of hydrogen-bond acceptors (Lipinski definition) is 5. The number of nitrogens with zero attached hydrogens (tertiary/aromatic N) is 2. The van der Waals surface area contributed by atoms with Crippen molar-refractivity contribution in [2.24, 2.45) is 0 Å². The highest BCUT2D eigenvalue weighted by Crippen LogP contribution is 2.34. The first-order valence-electron chi connectivity index (χ1n) is 9.74. The summed E-state index contributed by atoms with van der Waals surface area (Å²) in [6.45, 7) is 4.16. The van der Waals surface area contributed by atoms with Gasteiger partial charge >= 0.3 is 0 Å². The number of halogens is 1. The van der Waals surface area contributed by atoms with E-state index in [9.17, 15) is 4.79 Å². The van der Waals surface area contributed by atoms with Gasteiger partial charge in [-0.25, -0.2) is 4.98 Å². The van der Waals surface area contributed by atoms with E-state index in [4.69, 9.17) is 21.3 Å². The molecule has 0 unspecified atom stereocenters. The largest absolute Gasteiger partial charge is 0.495 e. The number of benzene rings is 2. The van der Waals surface area contributed by atoms with E-state index < -0.39 is 0 Å². The monoisotopic (exact) mass is 429 g/mol. The number of carbonyl (C=O) groups is 1. The van der Waals surface area contributed by atoms with Crippen LogP contribution in [-0.2, 0) is 4.79 Å². The fourth-order valence-electron chi connectivity index (χ4n) is 3.74. The van der Waals surface area contributed by atoms with Crippen LogP contribution in [0.1, 0.15) is 29.3 Å². The molecule has 1 aromatic heterocycles. The van der Waals surface area contributed by atoms with Crippen molar-refractivity contribution in [3.8, 4) is 5.75 Å². The van der Waals surface area contributed by atoms with Gasteiger partial charge in [-0.3, -0.25) is 9.69 Å². The number of rotatable bonds is 5. The van der Waals surface area contributed by atoms with Crippen molar-refractivity contribution in [1.82, 2.24) is 9.88 Å². The van der Waals surface area contributed by atoms with E-state index in [0.717, 1.165) is 47.7 Å². The van der Waals surface area contributed by atoms with Gasteiger partial charge in [-0.1, -0.05) is 17.7 Å². The number of likely N-dealkylation sites (tertiary alicyclic amines) is 1. The van der Waals surface area contributed by atoms with Gasteiger partial charge in [0.05, 0.1) is 34.6 Å². The summed E-state index contributed by atoms with van der Waals surface area (Å²) in [5.41, 5.74) is 2.78. The Hall–Kier alpha value is -2.15. The minimum absolute atomic E-state index is 0.0121. The Morgan fingerprint density at radius 1 is 1.28 bits per heavy atom. The molecule has 2 heterocycles. The van der Waals surface area contributed by atoms with Crippen LogP contribution < -0.4 is 10.1 Å². The molecule has 0 radical (unpaired) electrons. The van der Waals surface area contributed by atoms with E-state index in [2.05, 4.69) is 10.2 Å². The number of amides is 1.